The summed E-state index contributed by atoms with van der Waals surface area (Å²) in [5, 5.41) is 11.8. The highest BCUT2D eigenvalue weighted by Gasteiger charge is 2.37. The Morgan fingerprint density at radius 1 is 1.03 bits per heavy atom. The predicted octanol–water partition coefficient (Wildman–Crippen LogP) is 3.23. The summed E-state index contributed by atoms with van der Waals surface area (Å²) in [6.07, 6.45) is 3.75. The van der Waals surface area contributed by atoms with Crippen molar-refractivity contribution in [2.75, 3.05) is 45.9 Å². The van der Waals surface area contributed by atoms with E-state index in [0.717, 1.165) is 32.4 Å². The van der Waals surface area contributed by atoms with Crippen molar-refractivity contribution < 1.29 is 19.5 Å². The number of carbonyl (C=O) groups excluding carboxylic acids is 2. The second kappa shape index (κ2) is 11.0. The van der Waals surface area contributed by atoms with Crippen molar-refractivity contribution in [3.05, 3.63) is 35.4 Å². The molecule has 182 valence electrons. The van der Waals surface area contributed by atoms with Crippen molar-refractivity contribution in [2.24, 2.45) is 5.92 Å². The van der Waals surface area contributed by atoms with Gasteiger partial charge in [0.05, 0.1) is 13.2 Å². The van der Waals surface area contributed by atoms with Crippen molar-refractivity contribution in [1.29, 1.82) is 0 Å². The molecule has 0 bridgehead atoms. The van der Waals surface area contributed by atoms with Crippen LogP contribution in [0.15, 0.2) is 24.3 Å². The zero-order valence-electron chi connectivity index (χ0n) is 20.1. The summed E-state index contributed by atoms with van der Waals surface area (Å²) in [6, 6.07) is 8.38. The number of ether oxygens (including phenoxy) is 1. The van der Waals surface area contributed by atoms with Gasteiger partial charge in [0.1, 0.15) is 6.04 Å². The van der Waals surface area contributed by atoms with E-state index in [2.05, 4.69) is 38.1 Å². The maximum absolute atomic E-state index is 13.2. The van der Waals surface area contributed by atoms with Gasteiger partial charge in [-0.3, -0.25) is 9.59 Å². The molecule has 0 aliphatic carbocycles. The standard InChI is InChI=1S/C26H39N3O4/c1-19(2)22-4-3-5-23(17-22)21-8-10-28(11-9-21)26(31)24-7-6-20(18-29(24)32)16-25(30)27-12-14-33-15-13-27/h3-5,17,19-21,24,32H,6-16,18H2,1-2H3/t20-,24-/m0/s1. The van der Waals surface area contributed by atoms with Gasteiger partial charge in [0.15, 0.2) is 0 Å². The zero-order valence-corrected chi connectivity index (χ0v) is 20.1. The van der Waals surface area contributed by atoms with Crippen LogP contribution in [0.3, 0.4) is 0 Å². The summed E-state index contributed by atoms with van der Waals surface area (Å²) in [7, 11) is 0. The Hall–Kier alpha value is -1.96. The van der Waals surface area contributed by atoms with Crippen molar-refractivity contribution in [1.82, 2.24) is 14.9 Å². The third-order valence-corrected chi connectivity index (χ3v) is 7.62. The largest absolute Gasteiger partial charge is 0.378 e. The fourth-order valence-corrected chi connectivity index (χ4v) is 5.45. The van der Waals surface area contributed by atoms with Crippen LogP contribution in [0.5, 0.6) is 0 Å². The van der Waals surface area contributed by atoms with E-state index in [1.165, 1.54) is 16.2 Å². The zero-order chi connectivity index (χ0) is 23.4. The van der Waals surface area contributed by atoms with Gasteiger partial charge in [0.2, 0.25) is 11.8 Å². The first-order chi connectivity index (χ1) is 15.9. The van der Waals surface area contributed by atoms with Gasteiger partial charge in [0.25, 0.3) is 0 Å². The van der Waals surface area contributed by atoms with Crippen LogP contribution < -0.4 is 0 Å². The van der Waals surface area contributed by atoms with E-state index >= 15 is 0 Å². The number of nitrogens with zero attached hydrogens (tertiary/aromatic N) is 3. The number of morpholine rings is 1. The molecule has 0 radical (unpaired) electrons. The molecule has 0 saturated carbocycles. The molecule has 3 aliphatic heterocycles. The second-order valence-corrected chi connectivity index (χ2v) is 10.2. The average Bonchev–Trinajstić information content (AvgIpc) is 2.84. The van der Waals surface area contributed by atoms with Crippen LogP contribution in [0.25, 0.3) is 0 Å². The molecular formula is C26H39N3O4. The lowest BCUT2D eigenvalue weighted by Crippen LogP contribution is -2.53. The molecule has 1 aromatic carbocycles. The van der Waals surface area contributed by atoms with Crippen LogP contribution in [-0.2, 0) is 14.3 Å². The highest BCUT2D eigenvalue weighted by Crippen LogP contribution is 2.31. The molecule has 2 amide bonds. The van der Waals surface area contributed by atoms with Gasteiger partial charge in [-0.1, -0.05) is 38.1 Å². The predicted molar refractivity (Wildman–Crippen MR) is 126 cm³/mol. The van der Waals surface area contributed by atoms with Crippen LogP contribution in [-0.4, -0.2) is 83.9 Å². The van der Waals surface area contributed by atoms with E-state index in [9.17, 15) is 14.8 Å². The summed E-state index contributed by atoms with van der Waals surface area (Å²) >= 11 is 0. The van der Waals surface area contributed by atoms with E-state index < -0.39 is 6.04 Å². The number of carbonyl (C=O) groups is 2. The van der Waals surface area contributed by atoms with E-state index in [-0.39, 0.29) is 17.7 Å². The number of likely N-dealkylation sites (tertiary alicyclic amines) is 1. The molecule has 0 aromatic heterocycles. The minimum absolute atomic E-state index is 0.0323. The Morgan fingerprint density at radius 2 is 1.76 bits per heavy atom. The fraction of sp³-hybridized carbons (Fsp3) is 0.692. The summed E-state index contributed by atoms with van der Waals surface area (Å²) in [5.41, 5.74) is 2.74. The lowest BCUT2D eigenvalue weighted by atomic mass is 9.86. The summed E-state index contributed by atoms with van der Waals surface area (Å²) in [4.78, 5) is 29.5. The van der Waals surface area contributed by atoms with Gasteiger partial charge in [-0.2, -0.15) is 5.06 Å². The van der Waals surface area contributed by atoms with E-state index in [4.69, 9.17) is 4.74 Å². The van der Waals surface area contributed by atoms with E-state index in [1.54, 1.807) is 0 Å². The number of hydrogen-bond donors (Lipinski definition) is 1. The second-order valence-electron chi connectivity index (χ2n) is 10.2. The van der Waals surface area contributed by atoms with Crippen LogP contribution in [0, 0.1) is 5.92 Å². The molecule has 3 fully saturated rings. The monoisotopic (exact) mass is 457 g/mol. The maximum Gasteiger partial charge on any atom is 0.242 e. The number of piperidine rings is 2. The number of rotatable bonds is 5. The molecule has 7 nitrogen and oxygen atoms in total. The fourth-order valence-electron chi connectivity index (χ4n) is 5.45. The number of hydroxylamine groups is 2. The van der Waals surface area contributed by atoms with Gasteiger partial charge in [-0.05, 0) is 54.6 Å². The van der Waals surface area contributed by atoms with Crippen LogP contribution in [0.2, 0.25) is 0 Å². The normalized spacial score (nSPS) is 25.5. The van der Waals surface area contributed by atoms with Crippen molar-refractivity contribution in [2.45, 2.75) is 63.8 Å². The molecule has 2 atom stereocenters. The topological polar surface area (TPSA) is 73.3 Å². The molecule has 7 heteroatoms. The van der Waals surface area contributed by atoms with Gasteiger partial charge in [-0.15, -0.1) is 0 Å². The van der Waals surface area contributed by atoms with E-state index in [0.29, 0.717) is 57.5 Å². The number of hydrogen-bond acceptors (Lipinski definition) is 5. The van der Waals surface area contributed by atoms with Crippen LogP contribution in [0.1, 0.15) is 68.9 Å². The lowest BCUT2D eigenvalue weighted by molar-refractivity contribution is -0.179. The molecule has 0 unspecified atom stereocenters. The Morgan fingerprint density at radius 3 is 2.42 bits per heavy atom. The van der Waals surface area contributed by atoms with Crippen LogP contribution >= 0.6 is 0 Å². The van der Waals surface area contributed by atoms with Crippen LogP contribution in [0.4, 0.5) is 0 Å². The molecule has 33 heavy (non-hydrogen) atoms. The molecular weight excluding hydrogens is 418 g/mol. The maximum atomic E-state index is 13.2. The first-order valence-electron chi connectivity index (χ1n) is 12.6. The Balaban J connectivity index is 1.25. The SMILES string of the molecule is CC(C)c1cccc(C2CCN(C(=O)[C@@H]3CC[C@@H](CC(=O)N4CCOCC4)CN3O)CC2)c1. The Kier molecular flexibility index (Phi) is 8.04. The minimum atomic E-state index is -0.486. The highest BCUT2D eigenvalue weighted by molar-refractivity contribution is 5.82. The Bertz CT molecular complexity index is 816. The number of amides is 2. The number of benzene rings is 1. The van der Waals surface area contributed by atoms with Gasteiger partial charge >= 0.3 is 0 Å². The average molecular weight is 458 g/mol. The molecule has 3 heterocycles. The van der Waals surface area contributed by atoms with E-state index in [1.807, 2.05) is 9.80 Å². The first-order valence-corrected chi connectivity index (χ1v) is 12.6. The quantitative estimate of drug-likeness (QED) is 0.735. The molecule has 0 spiro atoms. The van der Waals surface area contributed by atoms with Crippen molar-refractivity contribution in [3.8, 4) is 0 Å². The minimum Gasteiger partial charge on any atom is -0.378 e. The van der Waals surface area contributed by atoms with Gasteiger partial charge in [-0.25, -0.2) is 0 Å². The van der Waals surface area contributed by atoms with Crippen molar-refractivity contribution >= 4 is 11.8 Å². The molecule has 1 N–H and O–H groups in total. The van der Waals surface area contributed by atoms with Crippen molar-refractivity contribution in [3.63, 3.8) is 0 Å². The molecule has 4 rings (SSSR count). The van der Waals surface area contributed by atoms with Gasteiger partial charge in [0, 0.05) is 39.1 Å². The summed E-state index contributed by atoms with van der Waals surface area (Å²) in [5.74, 6) is 1.25. The smallest absolute Gasteiger partial charge is 0.242 e. The summed E-state index contributed by atoms with van der Waals surface area (Å²) < 4.78 is 5.32. The van der Waals surface area contributed by atoms with Gasteiger partial charge < -0.3 is 19.7 Å². The molecule has 3 aliphatic rings. The third kappa shape index (κ3) is 5.94. The highest BCUT2D eigenvalue weighted by atomic mass is 16.5. The Labute approximate surface area is 197 Å². The molecule has 3 saturated heterocycles. The molecule has 1 aromatic rings. The third-order valence-electron chi connectivity index (χ3n) is 7.62. The lowest BCUT2D eigenvalue weighted by Gasteiger charge is -2.40. The summed E-state index contributed by atoms with van der Waals surface area (Å²) in [6.45, 7) is 8.77. The first kappa shape index (κ1) is 24.2.